The lowest BCUT2D eigenvalue weighted by molar-refractivity contribution is 0.649. The summed E-state index contributed by atoms with van der Waals surface area (Å²) < 4.78 is 15.5. The van der Waals surface area contributed by atoms with Crippen LogP contribution in [0.1, 0.15) is 58.2 Å². The second-order valence-electron chi connectivity index (χ2n) is 19.4. The van der Waals surface area contributed by atoms with Gasteiger partial charge in [0.25, 0.3) is 0 Å². The summed E-state index contributed by atoms with van der Waals surface area (Å²) in [6, 6.07) is 79.0. The van der Waals surface area contributed by atoms with Gasteiger partial charge in [-0.1, -0.05) is 165 Å². The molecule has 13 aromatic rings. The molecular formula is C67H44N2O2S. The fourth-order valence-corrected chi connectivity index (χ4v) is 13.0. The second kappa shape index (κ2) is 16.1. The molecule has 72 heavy (non-hydrogen) atoms. The number of nitrogens with one attached hydrogen (secondary N) is 1. The molecule has 1 N–H and O–H groups in total. The van der Waals surface area contributed by atoms with Crippen LogP contribution >= 0.6 is 11.3 Å². The Balaban J connectivity index is 0.783. The van der Waals surface area contributed by atoms with E-state index in [2.05, 4.69) is 219 Å². The molecule has 1 aliphatic carbocycles. The molecule has 0 fully saturated rings. The average Bonchev–Trinajstić information content (AvgIpc) is 4.14. The molecule has 4 heterocycles. The summed E-state index contributed by atoms with van der Waals surface area (Å²) in [4.78, 5) is 5.24. The Labute approximate surface area is 419 Å². The van der Waals surface area contributed by atoms with Crippen LogP contribution in [0, 0.1) is 0 Å². The van der Waals surface area contributed by atoms with E-state index in [1.165, 1.54) is 64.7 Å². The SMILES string of the molecule is CC1c2ccc(-c3ccc4c(c3)sc3ccc(-c5ccc6oc7cccc(C8C=C(c9ccccc9)N=C(c9ccc%10c(c9)oc9ccccc9%10)N8)c7c6c5)cc34)cc2-c2ccccc2C1c1ccccc1. The number of thiophene rings is 1. The van der Waals surface area contributed by atoms with Crippen LogP contribution in [-0.4, -0.2) is 5.84 Å². The van der Waals surface area contributed by atoms with E-state index < -0.39 is 0 Å². The summed E-state index contributed by atoms with van der Waals surface area (Å²) in [6.07, 6.45) is 2.24. The van der Waals surface area contributed by atoms with Crippen LogP contribution in [0.15, 0.2) is 238 Å². The minimum Gasteiger partial charge on any atom is -0.456 e. The number of fused-ring (bicyclic) bond motifs is 12. The summed E-state index contributed by atoms with van der Waals surface area (Å²) in [5.41, 5.74) is 19.2. The van der Waals surface area contributed by atoms with Crippen molar-refractivity contribution < 1.29 is 8.83 Å². The van der Waals surface area contributed by atoms with Crippen molar-refractivity contribution in [1.82, 2.24) is 5.32 Å². The van der Waals surface area contributed by atoms with Crippen LogP contribution in [0.4, 0.5) is 0 Å². The van der Waals surface area contributed by atoms with Crippen molar-refractivity contribution in [3.63, 3.8) is 0 Å². The molecule has 4 nitrogen and oxygen atoms in total. The predicted octanol–water partition coefficient (Wildman–Crippen LogP) is 18.2. The highest BCUT2D eigenvalue weighted by atomic mass is 32.1. The van der Waals surface area contributed by atoms with Crippen molar-refractivity contribution in [3.8, 4) is 33.4 Å². The molecule has 0 bridgehead atoms. The smallest absolute Gasteiger partial charge is 0.136 e. The van der Waals surface area contributed by atoms with Gasteiger partial charge in [-0.2, -0.15) is 0 Å². The van der Waals surface area contributed by atoms with E-state index in [-0.39, 0.29) is 6.04 Å². The molecule has 10 aromatic carbocycles. The van der Waals surface area contributed by atoms with Crippen molar-refractivity contribution >= 4 is 86.9 Å². The topological polar surface area (TPSA) is 50.7 Å². The average molecular weight is 941 g/mol. The van der Waals surface area contributed by atoms with Crippen molar-refractivity contribution in [2.45, 2.75) is 24.8 Å². The monoisotopic (exact) mass is 940 g/mol. The molecule has 0 saturated heterocycles. The summed E-state index contributed by atoms with van der Waals surface area (Å²) in [5.74, 6) is 1.48. The predicted molar refractivity (Wildman–Crippen MR) is 300 cm³/mol. The first kappa shape index (κ1) is 41.1. The third-order valence-electron chi connectivity index (χ3n) is 15.4. The first-order valence-electron chi connectivity index (χ1n) is 24.8. The molecule has 5 heteroatoms. The molecule has 2 aliphatic rings. The molecule has 1 aliphatic heterocycles. The van der Waals surface area contributed by atoms with Gasteiger partial charge in [0.05, 0.1) is 11.7 Å². The number of furan rings is 2. The largest absolute Gasteiger partial charge is 0.456 e. The Morgan fingerprint density at radius 2 is 1.07 bits per heavy atom. The van der Waals surface area contributed by atoms with Gasteiger partial charge in [-0.05, 0) is 134 Å². The highest BCUT2D eigenvalue weighted by Crippen LogP contribution is 2.51. The maximum Gasteiger partial charge on any atom is 0.136 e. The summed E-state index contributed by atoms with van der Waals surface area (Å²) >= 11 is 1.87. The first-order chi connectivity index (χ1) is 35.6. The Hall–Kier alpha value is -8.77. The fourth-order valence-electron chi connectivity index (χ4n) is 11.9. The molecule has 3 unspecified atom stereocenters. The lowest BCUT2D eigenvalue weighted by Gasteiger charge is -2.34. The van der Waals surface area contributed by atoms with Crippen molar-refractivity contribution in [3.05, 3.63) is 258 Å². The Morgan fingerprint density at radius 1 is 0.417 bits per heavy atom. The van der Waals surface area contributed by atoms with Crippen LogP contribution in [-0.2, 0) is 0 Å². The minimum absolute atomic E-state index is 0.196. The van der Waals surface area contributed by atoms with Gasteiger partial charge in [-0.25, -0.2) is 4.99 Å². The van der Waals surface area contributed by atoms with E-state index in [9.17, 15) is 0 Å². The first-order valence-corrected chi connectivity index (χ1v) is 25.6. The third kappa shape index (κ3) is 6.54. The summed E-state index contributed by atoms with van der Waals surface area (Å²) in [6.45, 7) is 2.39. The summed E-state index contributed by atoms with van der Waals surface area (Å²) in [5, 5.41) is 10.8. The number of benzene rings is 10. The van der Waals surface area contributed by atoms with Crippen LogP contribution in [0.5, 0.6) is 0 Å². The van der Waals surface area contributed by atoms with Crippen molar-refractivity contribution in [1.29, 1.82) is 0 Å². The van der Waals surface area contributed by atoms with Crippen molar-refractivity contribution in [2.24, 2.45) is 4.99 Å². The zero-order chi connectivity index (χ0) is 47.4. The van der Waals surface area contributed by atoms with Crippen molar-refractivity contribution in [2.75, 3.05) is 0 Å². The highest BCUT2D eigenvalue weighted by Gasteiger charge is 2.32. The summed E-state index contributed by atoms with van der Waals surface area (Å²) in [7, 11) is 0. The number of hydrogen-bond acceptors (Lipinski definition) is 5. The number of rotatable bonds is 6. The Bertz CT molecular complexity index is 4400. The molecular weight excluding hydrogens is 897 g/mol. The van der Waals surface area contributed by atoms with E-state index in [0.717, 1.165) is 77.7 Å². The standard InChI is InChI=1S/C67H44N2O2S/c1-39-47-28-23-42(33-54(47)48-17-8-9-19-52(48)65(39)41-15-6-3-7-16-41)45-24-30-51-55-34-44(27-32-63(55)72-64(51)37-45)43-26-31-60-56(35-43)66-53(20-12-22-61(66)70-60)58-38-57(40-13-4-2-5-14-40)68-67(69-58)46-25-29-50-49-18-10-11-21-59(49)71-62(50)36-46/h2-39,58,65H,1H3,(H,68,69). The molecule has 0 spiro atoms. The number of nitrogens with zero attached hydrogens (tertiary/aromatic N) is 1. The normalized spacial score (nSPS) is 16.5. The van der Waals surface area contributed by atoms with Gasteiger partial charge in [0.15, 0.2) is 0 Å². The lowest BCUT2D eigenvalue weighted by Crippen LogP contribution is -2.31. The molecule has 0 saturated carbocycles. The quantitative estimate of drug-likeness (QED) is 0.181. The third-order valence-corrected chi connectivity index (χ3v) is 16.5. The van der Waals surface area contributed by atoms with E-state index in [1.807, 2.05) is 29.5 Å². The lowest BCUT2D eigenvalue weighted by atomic mass is 9.69. The number of aliphatic imine (C=N–C) groups is 1. The van der Waals surface area contributed by atoms with Gasteiger partial charge in [0, 0.05) is 53.2 Å². The van der Waals surface area contributed by atoms with E-state index >= 15 is 0 Å². The van der Waals surface area contributed by atoms with Gasteiger partial charge < -0.3 is 14.2 Å². The highest BCUT2D eigenvalue weighted by molar-refractivity contribution is 7.25. The van der Waals surface area contributed by atoms with E-state index in [4.69, 9.17) is 13.8 Å². The fraction of sp³-hybridized carbons (Fsp3) is 0.0597. The van der Waals surface area contributed by atoms with E-state index in [1.54, 1.807) is 0 Å². The maximum atomic E-state index is 6.62. The molecule has 340 valence electrons. The number of hydrogen-bond donors (Lipinski definition) is 1. The van der Waals surface area contributed by atoms with Gasteiger partial charge in [-0.15, -0.1) is 11.3 Å². The molecule has 0 amide bonds. The van der Waals surface area contributed by atoms with Crippen LogP contribution in [0.25, 0.3) is 103 Å². The van der Waals surface area contributed by atoms with Crippen LogP contribution in [0.2, 0.25) is 0 Å². The zero-order valence-electron chi connectivity index (χ0n) is 39.3. The van der Waals surface area contributed by atoms with Gasteiger partial charge >= 0.3 is 0 Å². The van der Waals surface area contributed by atoms with Gasteiger partial charge in [-0.3, -0.25) is 0 Å². The Kier molecular flexibility index (Phi) is 9.20. The second-order valence-corrected chi connectivity index (χ2v) is 20.5. The van der Waals surface area contributed by atoms with E-state index in [0.29, 0.717) is 11.8 Å². The van der Waals surface area contributed by atoms with Gasteiger partial charge in [0.2, 0.25) is 0 Å². The van der Waals surface area contributed by atoms with Crippen LogP contribution in [0.3, 0.4) is 0 Å². The molecule has 0 radical (unpaired) electrons. The molecule has 3 aromatic heterocycles. The Morgan fingerprint density at radius 3 is 1.97 bits per heavy atom. The number of para-hydroxylation sites is 1. The minimum atomic E-state index is -0.196. The maximum absolute atomic E-state index is 6.62. The van der Waals surface area contributed by atoms with Crippen LogP contribution < -0.4 is 5.32 Å². The molecule has 15 rings (SSSR count). The zero-order valence-corrected chi connectivity index (χ0v) is 40.1. The van der Waals surface area contributed by atoms with Gasteiger partial charge in [0.1, 0.15) is 28.2 Å². The molecule has 3 atom stereocenters. The number of amidine groups is 1.